The average molecular weight is 391 g/mol. The molecule has 1 aliphatic rings. The second-order valence-corrected chi connectivity index (χ2v) is 7.45. The highest BCUT2D eigenvalue weighted by Gasteiger charge is 2.33. The third-order valence-electron chi connectivity index (χ3n) is 5.70. The molecule has 1 aromatic heterocycles. The van der Waals surface area contributed by atoms with Crippen molar-refractivity contribution >= 4 is 22.9 Å². The topological polar surface area (TPSA) is 75.4 Å². The maximum Gasteiger partial charge on any atom is 0.335 e. The molecule has 0 bridgehead atoms. The molecule has 0 saturated carbocycles. The fourth-order valence-electron chi connectivity index (χ4n) is 4.22. The van der Waals surface area contributed by atoms with E-state index in [1.807, 2.05) is 23.1 Å². The molecule has 6 heteroatoms. The zero-order chi connectivity index (χ0) is 20.4. The van der Waals surface area contributed by atoms with Crippen LogP contribution in [0, 0.1) is 0 Å². The van der Waals surface area contributed by atoms with E-state index in [1.165, 1.54) is 0 Å². The van der Waals surface area contributed by atoms with Gasteiger partial charge in [-0.15, -0.1) is 0 Å². The van der Waals surface area contributed by atoms with E-state index in [1.54, 1.807) is 24.3 Å². The van der Waals surface area contributed by atoms with Gasteiger partial charge in [-0.25, -0.2) is 9.78 Å². The summed E-state index contributed by atoms with van der Waals surface area (Å²) >= 11 is 0. The van der Waals surface area contributed by atoms with Crippen molar-refractivity contribution in [1.82, 2.24) is 14.5 Å². The zero-order valence-electron chi connectivity index (χ0n) is 16.5. The maximum atomic E-state index is 13.0. The van der Waals surface area contributed by atoms with Crippen molar-refractivity contribution in [3.63, 3.8) is 0 Å². The number of para-hydroxylation sites is 2. The van der Waals surface area contributed by atoms with E-state index in [-0.39, 0.29) is 17.5 Å². The summed E-state index contributed by atoms with van der Waals surface area (Å²) in [4.78, 5) is 30.8. The fraction of sp³-hybridized carbons (Fsp3) is 0.348. The van der Waals surface area contributed by atoms with E-state index >= 15 is 0 Å². The summed E-state index contributed by atoms with van der Waals surface area (Å²) in [5.41, 5.74) is 3.32. The summed E-state index contributed by atoms with van der Waals surface area (Å²) in [5.74, 6) is 0.168. The van der Waals surface area contributed by atoms with Gasteiger partial charge in [0.05, 0.1) is 22.6 Å². The molecule has 1 fully saturated rings. The molecule has 1 atom stereocenters. The van der Waals surface area contributed by atoms with Gasteiger partial charge in [0, 0.05) is 19.5 Å². The number of carbonyl (C=O) groups is 2. The number of likely N-dealkylation sites (tertiary alicyclic amines) is 1. The zero-order valence-corrected chi connectivity index (χ0v) is 16.5. The highest BCUT2D eigenvalue weighted by molar-refractivity contribution is 5.87. The molecular weight excluding hydrogens is 366 g/mol. The Bertz CT molecular complexity index is 1040. The molecule has 6 nitrogen and oxygen atoms in total. The van der Waals surface area contributed by atoms with Crippen LogP contribution in [0.4, 0.5) is 0 Å². The lowest BCUT2D eigenvalue weighted by molar-refractivity contribution is -0.132. The SMILES string of the molecule is CCn1c([C@@H]2CCCN2C(=O)CCc2ccc(C(=O)O)cc2)nc2ccccc21. The molecule has 1 saturated heterocycles. The van der Waals surface area contributed by atoms with Crippen LogP contribution in [0.25, 0.3) is 11.0 Å². The molecule has 4 rings (SSSR count). The molecule has 0 radical (unpaired) electrons. The van der Waals surface area contributed by atoms with Crippen molar-refractivity contribution in [3.05, 3.63) is 65.5 Å². The van der Waals surface area contributed by atoms with Crippen LogP contribution in [0.3, 0.4) is 0 Å². The van der Waals surface area contributed by atoms with Gasteiger partial charge in [-0.3, -0.25) is 4.79 Å². The van der Waals surface area contributed by atoms with Gasteiger partial charge in [-0.2, -0.15) is 0 Å². The maximum absolute atomic E-state index is 13.0. The van der Waals surface area contributed by atoms with E-state index in [4.69, 9.17) is 10.1 Å². The number of hydrogen-bond acceptors (Lipinski definition) is 3. The summed E-state index contributed by atoms with van der Waals surface area (Å²) in [6.45, 7) is 3.69. The first-order valence-electron chi connectivity index (χ1n) is 10.2. The lowest BCUT2D eigenvalue weighted by Gasteiger charge is -2.25. The Morgan fingerprint density at radius 1 is 1.14 bits per heavy atom. The quantitative estimate of drug-likeness (QED) is 0.688. The van der Waals surface area contributed by atoms with Crippen LogP contribution in [-0.2, 0) is 17.8 Å². The highest BCUT2D eigenvalue weighted by Crippen LogP contribution is 2.34. The van der Waals surface area contributed by atoms with Crippen molar-refractivity contribution in [2.24, 2.45) is 0 Å². The van der Waals surface area contributed by atoms with Crippen LogP contribution in [0.2, 0.25) is 0 Å². The summed E-state index contributed by atoms with van der Waals surface area (Å²) in [5, 5.41) is 9.00. The van der Waals surface area contributed by atoms with Crippen molar-refractivity contribution in [2.45, 2.75) is 45.2 Å². The van der Waals surface area contributed by atoms with Crippen LogP contribution in [0.5, 0.6) is 0 Å². The molecule has 3 aromatic rings. The molecule has 0 unspecified atom stereocenters. The minimum absolute atomic E-state index is 0.0178. The molecule has 29 heavy (non-hydrogen) atoms. The Hall–Kier alpha value is -3.15. The van der Waals surface area contributed by atoms with Crippen LogP contribution >= 0.6 is 0 Å². The van der Waals surface area contributed by atoms with Gasteiger partial charge < -0.3 is 14.6 Å². The number of carbonyl (C=O) groups excluding carboxylic acids is 1. The van der Waals surface area contributed by atoms with E-state index < -0.39 is 5.97 Å². The summed E-state index contributed by atoms with van der Waals surface area (Å²) < 4.78 is 2.22. The molecule has 1 aliphatic heterocycles. The lowest BCUT2D eigenvalue weighted by atomic mass is 10.1. The standard InChI is InChI=1S/C23H25N3O3/c1-2-25-19-7-4-3-6-18(19)24-22(25)20-8-5-15-26(20)21(27)14-11-16-9-12-17(13-10-16)23(28)29/h3-4,6-7,9-10,12-13,20H,2,5,8,11,14-15H2,1H3,(H,28,29)/t20-/m0/s1. The number of aryl methyl sites for hydroxylation is 2. The first-order chi connectivity index (χ1) is 14.1. The average Bonchev–Trinajstić information content (AvgIpc) is 3.36. The molecule has 0 aliphatic carbocycles. The van der Waals surface area contributed by atoms with Crippen molar-refractivity contribution < 1.29 is 14.7 Å². The number of carboxylic acid groups (broad SMARTS) is 1. The number of carboxylic acids is 1. The third-order valence-corrected chi connectivity index (χ3v) is 5.70. The number of imidazole rings is 1. The predicted molar refractivity (Wildman–Crippen MR) is 111 cm³/mol. The first-order valence-corrected chi connectivity index (χ1v) is 10.2. The van der Waals surface area contributed by atoms with Gasteiger partial charge >= 0.3 is 5.97 Å². The van der Waals surface area contributed by atoms with Crippen LogP contribution in [0.15, 0.2) is 48.5 Å². The fourth-order valence-corrected chi connectivity index (χ4v) is 4.22. The number of nitrogens with zero attached hydrogens (tertiary/aromatic N) is 3. The van der Waals surface area contributed by atoms with Crippen molar-refractivity contribution in [1.29, 1.82) is 0 Å². The molecular formula is C23H25N3O3. The van der Waals surface area contributed by atoms with E-state index in [9.17, 15) is 9.59 Å². The normalized spacial score (nSPS) is 16.4. The van der Waals surface area contributed by atoms with Gasteiger partial charge in [0.1, 0.15) is 5.82 Å². The number of benzene rings is 2. The van der Waals surface area contributed by atoms with Crippen LogP contribution in [-0.4, -0.2) is 38.0 Å². The Balaban J connectivity index is 1.49. The molecule has 1 N–H and O–H groups in total. The molecule has 2 aromatic carbocycles. The lowest BCUT2D eigenvalue weighted by Crippen LogP contribution is -2.32. The first kappa shape index (κ1) is 19.2. The minimum atomic E-state index is -0.939. The van der Waals surface area contributed by atoms with Crippen LogP contribution in [0.1, 0.15) is 54.0 Å². The van der Waals surface area contributed by atoms with Gasteiger partial charge in [0.2, 0.25) is 5.91 Å². The molecule has 150 valence electrons. The number of hydrogen-bond donors (Lipinski definition) is 1. The smallest absolute Gasteiger partial charge is 0.335 e. The number of aromatic carboxylic acids is 1. The van der Waals surface area contributed by atoms with Gasteiger partial charge in [-0.1, -0.05) is 24.3 Å². The minimum Gasteiger partial charge on any atom is -0.478 e. The van der Waals surface area contributed by atoms with E-state index in [2.05, 4.69) is 17.6 Å². The Morgan fingerprint density at radius 3 is 2.62 bits per heavy atom. The summed E-state index contributed by atoms with van der Waals surface area (Å²) in [6, 6.07) is 14.9. The molecule has 2 heterocycles. The van der Waals surface area contributed by atoms with E-state index in [0.717, 1.165) is 48.4 Å². The van der Waals surface area contributed by atoms with Crippen molar-refractivity contribution in [3.8, 4) is 0 Å². The highest BCUT2D eigenvalue weighted by atomic mass is 16.4. The second-order valence-electron chi connectivity index (χ2n) is 7.45. The van der Waals surface area contributed by atoms with E-state index in [0.29, 0.717) is 12.8 Å². The predicted octanol–water partition coefficient (Wildman–Crippen LogP) is 4.05. The molecule has 0 spiro atoms. The number of fused-ring (bicyclic) bond motifs is 1. The Labute approximate surface area is 169 Å². The second kappa shape index (κ2) is 8.07. The van der Waals surface area contributed by atoms with Crippen molar-refractivity contribution in [2.75, 3.05) is 6.54 Å². The molecule has 1 amide bonds. The Morgan fingerprint density at radius 2 is 1.90 bits per heavy atom. The number of aromatic nitrogens is 2. The Kier molecular flexibility index (Phi) is 5.34. The third kappa shape index (κ3) is 3.75. The summed E-state index contributed by atoms with van der Waals surface area (Å²) in [7, 11) is 0. The number of amides is 1. The summed E-state index contributed by atoms with van der Waals surface area (Å²) in [6.07, 6.45) is 2.93. The monoisotopic (exact) mass is 391 g/mol. The van der Waals surface area contributed by atoms with Crippen LogP contribution < -0.4 is 0 Å². The van der Waals surface area contributed by atoms with Gasteiger partial charge in [-0.05, 0) is 56.0 Å². The number of rotatable bonds is 6. The van der Waals surface area contributed by atoms with Gasteiger partial charge in [0.15, 0.2) is 0 Å². The van der Waals surface area contributed by atoms with Gasteiger partial charge in [0.25, 0.3) is 0 Å². The largest absolute Gasteiger partial charge is 0.478 e.